The fraction of sp³-hybridized carbons (Fsp3) is 0.571. The molecule has 2 aliphatic rings. The van der Waals surface area contributed by atoms with Crippen LogP contribution in [0.1, 0.15) is 32.1 Å². The number of benzene rings is 1. The molecule has 2 fully saturated rings. The molecule has 0 radical (unpaired) electrons. The maximum absolute atomic E-state index is 12.7. The van der Waals surface area contributed by atoms with E-state index in [0.717, 1.165) is 44.6 Å². The second-order valence-electron chi connectivity index (χ2n) is 7.83. The van der Waals surface area contributed by atoms with Crippen LogP contribution < -0.4 is 4.90 Å². The van der Waals surface area contributed by atoms with Crippen LogP contribution >= 0.6 is 0 Å². The first-order valence-corrected chi connectivity index (χ1v) is 10.3. The summed E-state index contributed by atoms with van der Waals surface area (Å²) in [4.78, 5) is 23.5. The van der Waals surface area contributed by atoms with Crippen LogP contribution in [0.3, 0.4) is 0 Å². The molecule has 1 aromatic heterocycles. The third-order valence-electron chi connectivity index (χ3n) is 5.97. The molecule has 2 heterocycles. The van der Waals surface area contributed by atoms with Crippen LogP contribution in [0.5, 0.6) is 0 Å². The summed E-state index contributed by atoms with van der Waals surface area (Å²) in [6.07, 6.45) is 6.10. The van der Waals surface area contributed by atoms with Gasteiger partial charge in [0.05, 0.1) is 6.54 Å². The minimum absolute atomic E-state index is 0.242. The van der Waals surface area contributed by atoms with Crippen molar-refractivity contribution < 1.29 is 9.32 Å². The molecule has 1 aromatic carbocycles. The first-order valence-electron chi connectivity index (χ1n) is 10.3. The average molecular weight is 383 g/mol. The molecule has 7 heteroatoms. The van der Waals surface area contributed by atoms with E-state index in [1.165, 1.54) is 19.3 Å². The van der Waals surface area contributed by atoms with E-state index in [2.05, 4.69) is 19.9 Å². The van der Waals surface area contributed by atoms with Crippen molar-refractivity contribution in [2.24, 2.45) is 0 Å². The predicted octanol–water partition coefficient (Wildman–Crippen LogP) is 2.65. The lowest BCUT2D eigenvalue weighted by Gasteiger charge is -2.36. The van der Waals surface area contributed by atoms with Gasteiger partial charge in [-0.25, -0.2) is 0 Å². The molecule has 1 amide bonds. The quantitative estimate of drug-likeness (QED) is 0.791. The van der Waals surface area contributed by atoms with E-state index in [1.54, 1.807) is 0 Å². The Bertz CT molecular complexity index is 764. The van der Waals surface area contributed by atoms with Crippen molar-refractivity contribution in [2.45, 2.75) is 38.1 Å². The van der Waals surface area contributed by atoms with Crippen LogP contribution in [0.4, 0.5) is 5.95 Å². The first kappa shape index (κ1) is 18.9. The zero-order valence-electron chi connectivity index (χ0n) is 16.6. The molecule has 1 saturated heterocycles. The van der Waals surface area contributed by atoms with Gasteiger partial charge in [-0.05, 0) is 30.1 Å². The lowest BCUT2D eigenvalue weighted by molar-refractivity contribution is -0.133. The second kappa shape index (κ2) is 8.73. The van der Waals surface area contributed by atoms with Gasteiger partial charge in [0.25, 0.3) is 11.8 Å². The number of aromatic nitrogens is 2. The molecule has 0 unspecified atom stereocenters. The van der Waals surface area contributed by atoms with Gasteiger partial charge in [0.1, 0.15) is 0 Å². The summed E-state index contributed by atoms with van der Waals surface area (Å²) in [6.45, 7) is 3.77. The smallest absolute Gasteiger partial charge is 0.266 e. The molecule has 0 spiro atoms. The van der Waals surface area contributed by atoms with Crippen LogP contribution in [0.2, 0.25) is 0 Å². The Kier molecular flexibility index (Phi) is 5.90. The molecule has 4 rings (SSSR count). The monoisotopic (exact) mass is 383 g/mol. The van der Waals surface area contributed by atoms with Crippen LogP contribution in [0.15, 0.2) is 34.9 Å². The molecule has 0 atom stereocenters. The van der Waals surface area contributed by atoms with Gasteiger partial charge in [0.2, 0.25) is 5.91 Å². The van der Waals surface area contributed by atoms with E-state index in [-0.39, 0.29) is 5.91 Å². The maximum atomic E-state index is 12.7. The van der Waals surface area contributed by atoms with E-state index in [0.29, 0.717) is 24.4 Å². The van der Waals surface area contributed by atoms with Crippen LogP contribution in [-0.2, 0) is 4.79 Å². The number of carbonyl (C=O) groups excluding carboxylic acids is 1. The molecule has 1 saturated carbocycles. The standard InChI is InChI=1S/C21H29N5O2/c1-24(18-10-6-3-7-11-18)19(27)16-25-12-14-26(15-13-25)21-22-20(28-23-21)17-8-4-2-5-9-17/h2,4-5,8-9,18H,3,6-7,10-16H2,1H3. The molecule has 2 aromatic rings. The fourth-order valence-corrected chi connectivity index (χ4v) is 4.12. The van der Waals surface area contributed by atoms with Crippen molar-refractivity contribution >= 4 is 11.9 Å². The number of carbonyl (C=O) groups is 1. The van der Waals surface area contributed by atoms with E-state index >= 15 is 0 Å². The molecule has 1 aliphatic heterocycles. The molecule has 150 valence electrons. The summed E-state index contributed by atoms with van der Waals surface area (Å²) in [5, 5.41) is 4.14. The highest BCUT2D eigenvalue weighted by molar-refractivity contribution is 5.78. The summed E-state index contributed by atoms with van der Waals surface area (Å²) in [5.74, 6) is 1.41. The number of rotatable bonds is 5. The Morgan fingerprint density at radius 1 is 1.11 bits per heavy atom. The number of likely N-dealkylation sites (N-methyl/N-ethyl adjacent to an activating group) is 1. The highest BCUT2D eigenvalue weighted by Crippen LogP contribution is 2.23. The van der Waals surface area contributed by atoms with Gasteiger partial charge >= 0.3 is 0 Å². The second-order valence-corrected chi connectivity index (χ2v) is 7.83. The number of amides is 1. The number of hydrogen-bond acceptors (Lipinski definition) is 6. The summed E-state index contributed by atoms with van der Waals surface area (Å²) < 4.78 is 5.42. The number of piperazine rings is 1. The van der Waals surface area contributed by atoms with Crippen molar-refractivity contribution in [2.75, 3.05) is 44.7 Å². The summed E-state index contributed by atoms with van der Waals surface area (Å²) in [7, 11) is 1.97. The van der Waals surface area contributed by atoms with Crippen molar-refractivity contribution in [1.29, 1.82) is 0 Å². The lowest BCUT2D eigenvalue weighted by atomic mass is 9.94. The van der Waals surface area contributed by atoms with E-state index in [4.69, 9.17) is 4.52 Å². The molecule has 1 aliphatic carbocycles. The van der Waals surface area contributed by atoms with Gasteiger partial charge in [-0.2, -0.15) is 4.98 Å². The van der Waals surface area contributed by atoms with Crippen molar-refractivity contribution in [3.05, 3.63) is 30.3 Å². The molecule has 7 nitrogen and oxygen atoms in total. The molecule has 0 bridgehead atoms. The van der Waals surface area contributed by atoms with E-state index < -0.39 is 0 Å². The summed E-state index contributed by atoms with van der Waals surface area (Å²) in [5.41, 5.74) is 0.927. The Morgan fingerprint density at radius 3 is 2.54 bits per heavy atom. The van der Waals surface area contributed by atoms with Gasteiger partial charge in [0, 0.05) is 44.8 Å². The highest BCUT2D eigenvalue weighted by Gasteiger charge is 2.26. The van der Waals surface area contributed by atoms with Crippen molar-refractivity contribution in [1.82, 2.24) is 19.9 Å². The molecule has 0 N–H and O–H groups in total. The minimum Gasteiger partial charge on any atom is -0.342 e. The minimum atomic E-state index is 0.242. The zero-order valence-corrected chi connectivity index (χ0v) is 16.6. The Hall–Kier alpha value is -2.41. The molecular formula is C21H29N5O2. The SMILES string of the molecule is CN(C(=O)CN1CCN(c2noc(-c3ccccc3)n2)CC1)C1CCCCC1. The van der Waals surface area contributed by atoms with E-state index in [9.17, 15) is 4.79 Å². The van der Waals surface area contributed by atoms with Gasteiger partial charge in [0.15, 0.2) is 0 Å². The Morgan fingerprint density at radius 2 is 1.82 bits per heavy atom. The Labute approximate surface area is 166 Å². The van der Waals surface area contributed by atoms with E-state index in [1.807, 2.05) is 42.3 Å². The van der Waals surface area contributed by atoms with Gasteiger partial charge < -0.3 is 14.3 Å². The average Bonchev–Trinajstić information content (AvgIpc) is 3.25. The number of hydrogen-bond donors (Lipinski definition) is 0. The Balaban J connectivity index is 1.28. The van der Waals surface area contributed by atoms with Crippen LogP contribution in [-0.4, -0.2) is 71.7 Å². The number of nitrogens with zero attached hydrogens (tertiary/aromatic N) is 5. The fourth-order valence-electron chi connectivity index (χ4n) is 4.12. The van der Waals surface area contributed by atoms with Crippen LogP contribution in [0.25, 0.3) is 11.5 Å². The summed E-state index contributed by atoms with van der Waals surface area (Å²) >= 11 is 0. The van der Waals surface area contributed by atoms with Gasteiger partial charge in [-0.1, -0.05) is 37.5 Å². The molecular weight excluding hydrogens is 354 g/mol. The topological polar surface area (TPSA) is 65.7 Å². The first-order chi connectivity index (χ1) is 13.7. The summed E-state index contributed by atoms with van der Waals surface area (Å²) in [6, 6.07) is 10.2. The zero-order chi connectivity index (χ0) is 19.3. The largest absolute Gasteiger partial charge is 0.342 e. The van der Waals surface area contributed by atoms with Crippen molar-refractivity contribution in [3.63, 3.8) is 0 Å². The normalized spacial score (nSPS) is 19.0. The predicted molar refractivity (Wildman–Crippen MR) is 108 cm³/mol. The third-order valence-corrected chi connectivity index (χ3v) is 5.97. The molecule has 28 heavy (non-hydrogen) atoms. The highest BCUT2D eigenvalue weighted by atomic mass is 16.5. The number of anilines is 1. The van der Waals surface area contributed by atoms with Crippen LogP contribution in [0, 0.1) is 0 Å². The maximum Gasteiger partial charge on any atom is 0.266 e. The lowest BCUT2D eigenvalue weighted by Crippen LogP contribution is -2.51. The van der Waals surface area contributed by atoms with Gasteiger partial charge in [-0.3, -0.25) is 9.69 Å². The van der Waals surface area contributed by atoms with Crippen molar-refractivity contribution in [3.8, 4) is 11.5 Å². The van der Waals surface area contributed by atoms with Gasteiger partial charge in [-0.15, -0.1) is 0 Å². The third kappa shape index (κ3) is 4.35.